The molecule has 4 heterocycles. The van der Waals surface area contributed by atoms with Gasteiger partial charge in [0.15, 0.2) is 0 Å². The molecule has 0 spiro atoms. The summed E-state index contributed by atoms with van der Waals surface area (Å²) in [5, 5.41) is 11.7. The maximum absolute atomic E-state index is 11.7. The molecule has 2 aromatic heterocycles. The van der Waals surface area contributed by atoms with Crippen LogP contribution in [-0.2, 0) is 4.79 Å². The summed E-state index contributed by atoms with van der Waals surface area (Å²) in [6.45, 7) is 12.0. The first-order chi connectivity index (χ1) is 15.4. The average molecular weight is 461 g/mol. The summed E-state index contributed by atoms with van der Waals surface area (Å²) in [4.78, 5) is 24.9. The predicted octanol–water partition coefficient (Wildman–Crippen LogP) is 3.32. The quantitative estimate of drug-likeness (QED) is 0.525. The normalized spacial score (nSPS) is 17.3. The highest BCUT2D eigenvalue weighted by Gasteiger charge is 2.29. The van der Waals surface area contributed by atoms with E-state index >= 15 is 0 Å². The number of rotatable bonds is 10. The highest BCUT2D eigenvalue weighted by Crippen LogP contribution is 2.27. The van der Waals surface area contributed by atoms with Crippen LogP contribution in [0.15, 0.2) is 12.4 Å². The van der Waals surface area contributed by atoms with Gasteiger partial charge in [-0.2, -0.15) is 10.1 Å². The smallest absolute Gasteiger partial charge is 0.229 e. The van der Waals surface area contributed by atoms with Gasteiger partial charge in [0.2, 0.25) is 11.9 Å². The van der Waals surface area contributed by atoms with Crippen LogP contribution < -0.4 is 10.6 Å². The van der Waals surface area contributed by atoms with Gasteiger partial charge >= 0.3 is 0 Å². The SMILES string of the molecule is Cc1nn(C2CN(CC(C)C)C2)cc1Nc1ncc(Cl)c(NCCCN2CCCC2=O)n1. The van der Waals surface area contributed by atoms with E-state index in [-0.39, 0.29) is 5.91 Å². The number of likely N-dealkylation sites (tertiary alicyclic amines) is 2. The van der Waals surface area contributed by atoms with Gasteiger partial charge in [-0.15, -0.1) is 0 Å². The molecule has 2 aliphatic rings. The molecule has 0 radical (unpaired) electrons. The van der Waals surface area contributed by atoms with Crippen molar-refractivity contribution in [2.24, 2.45) is 5.92 Å². The number of aromatic nitrogens is 4. The zero-order valence-corrected chi connectivity index (χ0v) is 19.9. The number of halogens is 1. The van der Waals surface area contributed by atoms with E-state index in [1.807, 2.05) is 22.7 Å². The molecular weight excluding hydrogens is 428 g/mol. The summed E-state index contributed by atoms with van der Waals surface area (Å²) in [5.41, 5.74) is 1.81. The van der Waals surface area contributed by atoms with Crippen molar-refractivity contribution >= 4 is 35.0 Å². The third kappa shape index (κ3) is 5.50. The average Bonchev–Trinajstić information content (AvgIpc) is 3.29. The van der Waals surface area contributed by atoms with E-state index in [0.717, 1.165) is 56.9 Å². The maximum Gasteiger partial charge on any atom is 0.229 e. The number of hydrogen-bond donors (Lipinski definition) is 2. The standard InChI is InChI=1S/C22H33ClN8O/c1-15(2)11-29-12-17(13-29)31-14-19(16(3)28-31)26-22-25-10-18(23)21(27-22)24-7-5-9-30-8-4-6-20(30)32/h10,14-15,17H,4-9,11-13H2,1-3H3,(H2,24,25,26,27). The van der Waals surface area contributed by atoms with Crippen molar-refractivity contribution in [2.75, 3.05) is 49.9 Å². The van der Waals surface area contributed by atoms with Crippen LogP contribution in [-0.4, -0.2) is 74.7 Å². The molecule has 0 unspecified atom stereocenters. The molecular formula is C22H33ClN8O. The zero-order valence-electron chi connectivity index (χ0n) is 19.1. The second-order valence-electron chi connectivity index (χ2n) is 9.15. The molecule has 2 saturated heterocycles. The Bertz CT molecular complexity index is 940. The topological polar surface area (TPSA) is 91.2 Å². The molecule has 0 atom stereocenters. The summed E-state index contributed by atoms with van der Waals surface area (Å²) in [6.07, 6.45) is 6.11. The van der Waals surface area contributed by atoms with Crippen molar-refractivity contribution in [3.63, 3.8) is 0 Å². The molecule has 2 fully saturated rings. The van der Waals surface area contributed by atoms with Gasteiger partial charge in [-0.3, -0.25) is 14.4 Å². The van der Waals surface area contributed by atoms with Gasteiger partial charge in [0.25, 0.3) is 0 Å². The Morgan fingerprint density at radius 3 is 2.84 bits per heavy atom. The second kappa shape index (κ2) is 10.0. The van der Waals surface area contributed by atoms with E-state index in [2.05, 4.69) is 44.4 Å². The van der Waals surface area contributed by atoms with Crippen LogP contribution in [0.25, 0.3) is 0 Å². The van der Waals surface area contributed by atoms with Crippen LogP contribution in [0.4, 0.5) is 17.5 Å². The van der Waals surface area contributed by atoms with Crippen LogP contribution in [0.2, 0.25) is 5.02 Å². The van der Waals surface area contributed by atoms with Crippen molar-refractivity contribution in [2.45, 2.75) is 46.1 Å². The van der Waals surface area contributed by atoms with E-state index in [9.17, 15) is 4.79 Å². The minimum absolute atomic E-state index is 0.252. The summed E-state index contributed by atoms with van der Waals surface area (Å²) in [6, 6.07) is 0.411. The molecule has 2 aromatic rings. The van der Waals surface area contributed by atoms with Crippen LogP contribution in [0.3, 0.4) is 0 Å². The highest BCUT2D eigenvalue weighted by atomic mass is 35.5. The first-order valence-electron chi connectivity index (χ1n) is 11.5. The predicted molar refractivity (Wildman–Crippen MR) is 127 cm³/mol. The monoisotopic (exact) mass is 460 g/mol. The maximum atomic E-state index is 11.7. The van der Waals surface area contributed by atoms with Crippen molar-refractivity contribution in [1.29, 1.82) is 0 Å². The van der Waals surface area contributed by atoms with Crippen molar-refractivity contribution < 1.29 is 4.79 Å². The Morgan fingerprint density at radius 1 is 1.31 bits per heavy atom. The first-order valence-corrected chi connectivity index (χ1v) is 11.9. The Balaban J connectivity index is 1.31. The fourth-order valence-corrected chi connectivity index (χ4v) is 4.41. The van der Waals surface area contributed by atoms with Gasteiger partial charge in [-0.25, -0.2) is 4.98 Å². The number of nitrogens with zero attached hydrogens (tertiary/aromatic N) is 6. The molecule has 174 valence electrons. The van der Waals surface area contributed by atoms with Crippen molar-refractivity contribution in [3.05, 3.63) is 23.1 Å². The third-order valence-electron chi connectivity index (χ3n) is 5.91. The number of carbonyl (C=O) groups excluding carboxylic acids is 1. The van der Waals surface area contributed by atoms with E-state index in [1.165, 1.54) is 0 Å². The Morgan fingerprint density at radius 2 is 2.12 bits per heavy atom. The van der Waals surface area contributed by atoms with Gasteiger partial charge < -0.3 is 15.5 Å². The fraction of sp³-hybridized carbons (Fsp3) is 0.636. The van der Waals surface area contributed by atoms with E-state index in [4.69, 9.17) is 11.6 Å². The number of anilines is 3. The molecule has 0 aliphatic carbocycles. The fourth-order valence-electron chi connectivity index (χ4n) is 4.26. The number of amides is 1. The lowest BCUT2D eigenvalue weighted by atomic mass is 10.1. The van der Waals surface area contributed by atoms with Gasteiger partial charge in [0, 0.05) is 51.9 Å². The number of nitrogens with one attached hydrogen (secondary N) is 2. The van der Waals surface area contributed by atoms with Crippen LogP contribution in [0.5, 0.6) is 0 Å². The van der Waals surface area contributed by atoms with Crippen molar-refractivity contribution in [3.8, 4) is 0 Å². The lowest BCUT2D eigenvalue weighted by molar-refractivity contribution is -0.127. The molecule has 0 aromatic carbocycles. The Hall–Kier alpha value is -2.39. The van der Waals surface area contributed by atoms with Crippen LogP contribution in [0, 0.1) is 12.8 Å². The number of aryl methyl sites for hydroxylation is 1. The number of carbonyl (C=O) groups is 1. The van der Waals surface area contributed by atoms with Crippen molar-refractivity contribution in [1.82, 2.24) is 29.5 Å². The minimum Gasteiger partial charge on any atom is -0.369 e. The summed E-state index contributed by atoms with van der Waals surface area (Å²) < 4.78 is 2.04. The molecule has 0 saturated carbocycles. The lowest BCUT2D eigenvalue weighted by Gasteiger charge is -2.40. The van der Waals surface area contributed by atoms with E-state index in [1.54, 1.807) is 6.20 Å². The second-order valence-corrected chi connectivity index (χ2v) is 9.56. The van der Waals surface area contributed by atoms with Crippen LogP contribution in [0.1, 0.15) is 44.8 Å². The Kier molecular flexibility index (Phi) is 7.15. The number of hydrogen-bond acceptors (Lipinski definition) is 7. The molecule has 9 nitrogen and oxygen atoms in total. The van der Waals surface area contributed by atoms with Gasteiger partial charge in [0.1, 0.15) is 10.8 Å². The molecule has 1 amide bonds. The molecule has 32 heavy (non-hydrogen) atoms. The van der Waals surface area contributed by atoms with Gasteiger partial charge in [-0.1, -0.05) is 25.4 Å². The highest BCUT2D eigenvalue weighted by molar-refractivity contribution is 6.32. The van der Waals surface area contributed by atoms with Gasteiger partial charge in [0.05, 0.1) is 23.6 Å². The molecule has 0 bridgehead atoms. The zero-order chi connectivity index (χ0) is 22.7. The lowest BCUT2D eigenvalue weighted by Crippen LogP contribution is -2.49. The summed E-state index contributed by atoms with van der Waals surface area (Å²) in [7, 11) is 0. The van der Waals surface area contributed by atoms with Gasteiger partial charge in [-0.05, 0) is 25.7 Å². The minimum atomic E-state index is 0.252. The Labute approximate surface area is 194 Å². The first kappa shape index (κ1) is 22.8. The van der Waals surface area contributed by atoms with E-state index in [0.29, 0.717) is 41.7 Å². The summed E-state index contributed by atoms with van der Waals surface area (Å²) >= 11 is 6.28. The largest absolute Gasteiger partial charge is 0.369 e. The summed E-state index contributed by atoms with van der Waals surface area (Å²) in [5.74, 6) is 2.00. The van der Waals surface area contributed by atoms with Crippen LogP contribution >= 0.6 is 11.6 Å². The van der Waals surface area contributed by atoms with E-state index < -0.39 is 0 Å². The molecule has 4 rings (SSSR count). The molecule has 10 heteroatoms. The third-order valence-corrected chi connectivity index (χ3v) is 6.19. The molecule has 2 N–H and O–H groups in total. The molecule has 2 aliphatic heterocycles.